The minimum Gasteiger partial charge on any atom is -0.394 e. The van der Waals surface area contributed by atoms with Crippen LogP contribution in [0.5, 0.6) is 0 Å². The predicted molar refractivity (Wildman–Crippen MR) is 82.7 cm³/mol. The molecule has 1 aliphatic rings. The third-order valence-electron chi connectivity index (χ3n) is 3.87. The van der Waals surface area contributed by atoms with Crippen molar-refractivity contribution in [3.8, 4) is 0 Å². The minimum atomic E-state index is -0.190. The van der Waals surface area contributed by atoms with E-state index in [2.05, 4.69) is 18.7 Å². The van der Waals surface area contributed by atoms with Gasteiger partial charge in [0.1, 0.15) is 0 Å². The van der Waals surface area contributed by atoms with Gasteiger partial charge in [0.2, 0.25) is 0 Å². The first-order valence-corrected chi connectivity index (χ1v) is 7.61. The number of carbonyl (C=O) groups excluding carboxylic acids is 1. The molecule has 1 N–H and O–H groups in total. The Morgan fingerprint density at radius 3 is 2.57 bits per heavy atom. The van der Waals surface area contributed by atoms with Crippen molar-refractivity contribution in [1.82, 2.24) is 4.90 Å². The molecule has 1 aromatic rings. The third kappa shape index (κ3) is 4.37. The summed E-state index contributed by atoms with van der Waals surface area (Å²) < 4.78 is 5.59. The van der Waals surface area contributed by atoms with Gasteiger partial charge < -0.3 is 9.84 Å². The highest BCUT2D eigenvalue weighted by atomic mass is 16.5. The maximum absolute atomic E-state index is 12.4. The molecule has 2 atom stereocenters. The molecule has 1 fully saturated rings. The van der Waals surface area contributed by atoms with Crippen LogP contribution in [-0.4, -0.2) is 54.2 Å². The summed E-state index contributed by atoms with van der Waals surface area (Å²) in [6.07, 6.45) is -0.142. The van der Waals surface area contributed by atoms with Crippen molar-refractivity contribution in [3.63, 3.8) is 0 Å². The summed E-state index contributed by atoms with van der Waals surface area (Å²) in [5.74, 6) is 0.593. The average molecular weight is 291 g/mol. The normalized spacial score (nSPS) is 23.5. The number of ether oxygens (including phenoxy) is 1. The van der Waals surface area contributed by atoms with Crippen molar-refractivity contribution in [3.05, 3.63) is 35.4 Å². The maximum Gasteiger partial charge on any atom is 0.176 e. The fourth-order valence-corrected chi connectivity index (χ4v) is 2.72. The van der Waals surface area contributed by atoms with Crippen LogP contribution in [0, 0.1) is 0 Å². The van der Waals surface area contributed by atoms with Crippen LogP contribution < -0.4 is 0 Å². The molecule has 1 heterocycles. The SMILES string of the molecule is CC1CN(CC(=O)c2ccc(C(C)C)cc2)CC(CO)O1. The molecule has 0 aliphatic carbocycles. The van der Waals surface area contributed by atoms with Gasteiger partial charge in [-0.05, 0) is 18.4 Å². The first-order valence-electron chi connectivity index (χ1n) is 7.61. The molecule has 0 spiro atoms. The van der Waals surface area contributed by atoms with Crippen molar-refractivity contribution in [2.24, 2.45) is 0 Å². The lowest BCUT2D eigenvalue weighted by Crippen LogP contribution is -2.49. The molecule has 0 saturated carbocycles. The van der Waals surface area contributed by atoms with Crippen molar-refractivity contribution >= 4 is 5.78 Å². The van der Waals surface area contributed by atoms with E-state index in [1.807, 2.05) is 31.2 Å². The monoisotopic (exact) mass is 291 g/mol. The van der Waals surface area contributed by atoms with Crippen LogP contribution in [0.25, 0.3) is 0 Å². The van der Waals surface area contributed by atoms with Gasteiger partial charge in [-0.15, -0.1) is 0 Å². The molecule has 0 aromatic heterocycles. The smallest absolute Gasteiger partial charge is 0.176 e. The molecule has 4 nitrogen and oxygen atoms in total. The van der Waals surface area contributed by atoms with E-state index in [0.717, 1.165) is 12.1 Å². The summed E-state index contributed by atoms with van der Waals surface area (Å²) in [6.45, 7) is 7.96. The first-order chi connectivity index (χ1) is 9.99. The number of ketones is 1. The molecule has 4 heteroatoms. The number of rotatable bonds is 5. The Morgan fingerprint density at radius 1 is 1.33 bits per heavy atom. The second-order valence-electron chi connectivity index (χ2n) is 6.15. The molecule has 0 radical (unpaired) electrons. The molecular formula is C17H25NO3. The van der Waals surface area contributed by atoms with Crippen LogP contribution in [0.4, 0.5) is 0 Å². The van der Waals surface area contributed by atoms with Gasteiger partial charge in [-0.2, -0.15) is 0 Å². The number of Topliss-reactive ketones (excluding diaryl/α,β-unsaturated/α-hetero) is 1. The molecule has 21 heavy (non-hydrogen) atoms. The number of benzene rings is 1. The quantitative estimate of drug-likeness (QED) is 0.844. The van der Waals surface area contributed by atoms with E-state index in [-0.39, 0.29) is 24.6 Å². The van der Waals surface area contributed by atoms with Gasteiger partial charge in [0.25, 0.3) is 0 Å². The Labute approximate surface area is 126 Å². The summed E-state index contributed by atoms with van der Waals surface area (Å²) in [4.78, 5) is 14.4. The fraction of sp³-hybridized carbons (Fsp3) is 0.588. The van der Waals surface area contributed by atoms with Crippen LogP contribution in [0.15, 0.2) is 24.3 Å². The summed E-state index contributed by atoms with van der Waals surface area (Å²) in [5, 5.41) is 9.22. The molecular weight excluding hydrogens is 266 g/mol. The zero-order chi connectivity index (χ0) is 15.4. The Balaban J connectivity index is 1.97. The van der Waals surface area contributed by atoms with Crippen molar-refractivity contribution in [2.75, 3.05) is 26.2 Å². The molecule has 1 aromatic carbocycles. The van der Waals surface area contributed by atoms with Crippen molar-refractivity contribution in [2.45, 2.75) is 38.9 Å². The van der Waals surface area contributed by atoms with Crippen LogP contribution in [0.1, 0.15) is 42.6 Å². The highest BCUT2D eigenvalue weighted by Gasteiger charge is 2.26. The second kappa shape index (κ2) is 7.16. The highest BCUT2D eigenvalue weighted by Crippen LogP contribution is 2.16. The van der Waals surface area contributed by atoms with Gasteiger partial charge in [-0.25, -0.2) is 0 Å². The fourth-order valence-electron chi connectivity index (χ4n) is 2.72. The summed E-state index contributed by atoms with van der Waals surface area (Å²) >= 11 is 0. The van der Waals surface area contributed by atoms with E-state index in [1.165, 1.54) is 5.56 Å². The second-order valence-corrected chi connectivity index (χ2v) is 6.15. The van der Waals surface area contributed by atoms with E-state index in [9.17, 15) is 9.90 Å². The Kier molecular flexibility index (Phi) is 5.51. The summed E-state index contributed by atoms with van der Waals surface area (Å²) in [5.41, 5.74) is 1.99. The predicted octanol–water partition coefficient (Wildman–Crippen LogP) is 2.07. The number of aliphatic hydroxyl groups excluding tert-OH is 1. The molecule has 0 bridgehead atoms. The van der Waals surface area contributed by atoms with Gasteiger partial charge in [-0.1, -0.05) is 38.1 Å². The third-order valence-corrected chi connectivity index (χ3v) is 3.87. The average Bonchev–Trinajstić information content (AvgIpc) is 2.46. The minimum absolute atomic E-state index is 0.00187. The van der Waals surface area contributed by atoms with E-state index in [4.69, 9.17) is 4.74 Å². The number of morpholine rings is 1. The summed E-state index contributed by atoms with van der Waals surface area (Å²) in [7, 11) is 0. The van der Waals surface area contributed by atoms with Crippen LogP contribution in [-0.2, 0) is 4.74 Å². The maximum atomic E-state index is 12.4. The molecule has 2 rings (SSSR count). The van der Waals surface area contributed by atoms with Crippen molar-refractivity contribution in [1.29, 1.82) is 0 Å². The zero-order valence-electron chi connectivity index (χ0n) is 13.1. The number of hydrogen-bond acceptors (Lipinski definition) is 4. The van der Waals surface area contributed by atoms with E-state index in [0.29, 0.717) is 19.0 Å². The Bertz CT molecular complexity index is 469. The van der Waals surface area contributed by atoms with Crippen molar-refractivity contribution < 1.29 is 14.6 Å². The number of carbonyl (C=O) groups is 1. The van der Waals surface area contributed by atoms with Gasteiger partial charge >= 0.3 is 0 Å². The lowest BCUT2D eigenvalue weighted by molar-refractivity contribution is -0.0926. The molecule has 0 amide bonds. The Hall–Kier alpha value is -1.23. The van der Waals surface area contributed by atoms with Gasteiger partial charge in [-0.3, -0.25) is 9.69 Å². The zero-order valence-corrected chi connectivity index (χ0v) is 13.1. The van der Waals surface area contributed by atoms with Crippen LogP contribution in [0.2, 0.25) is 0 Å². The van der Waals surface area contributed by atoms with Gasteiger partial charge in [0.05, 0.1) is 25.4 Å². The van der Waals surface area contributed by atoms with Gasteiger partial charge in [0.15, 0.2) is 5.78 Å². The molecule has 116 valence electrons. The first kappa shape index (κ1) is 16.1. The van der Waals surface area contributed by atoms with E-state index < -0.39 is 0 Å². The molecule has 1 aliphatic heterocycles. The number of aliphatic hydroxyl groups is 1. The number of hydrogen-bond donors (Lipinski definition) is 1. The topological polar surface area (TPSA) is 49.8 Å². The lowest BCUT2D eigenvalue weighted by atomic mass is 10.0. The summed E-state index contributed by atoms with van der Waals surface area (Å²) in [6, 6.07) is 7.86. The van der Waals surface area contributed by atoms with Crippen LogP contribution >= 0.6 is 0 Å². The van der Waals surface area contributed by atoms with Gasteiger partial charge in [0, 0.05) is 18.7 Å². The highest BCUT2D eigenvalue weighted by molar-refractivity contribution is 5.97. The largest absolute Gasteiger partial charge is 0.394 e. The number of nitrogens with zero attached hydrogens (tertiary/aromatic N) is 1. The lowest BCUT2D eigenvalue weighted by Gasteiger charge is -2.35. The van der Waals surface area contributed by atoms with Crippen LogP contribution in [0.3, 0.4) is 0 Å². The van der Waals surface area contributed by atoms with E-state index >= 15 is 0 Å². The molecule has 2 unspecified atom stereocenters. The molecule has 1 saturated heterocycles. The standard InChI is InChI=1S/C17H25NO3/c1-12(2)14-4-6-15(7-5-14)17(20)10-18-8-13(3)21-16(9-18)11-19/h4-7,12-13,16,19H,8-11H2,1-3H3. The van der Waals surface area contributed by atoms with E-state index in [1.54, 1.807) is 0 Å². The Morgan fingerprint density at radius 2 is 2.00 bits per heavy atom.